The van der Waals surface area contributed by atoms with Gasteiger partial charge in [-0.05, 0) is 17.7 Å². The topological polar surface area (TPSA) is 23.5 Å². The average molecular weight is 366 g/mol. The normalized spacial score (nSPS) is 19.3. The van der Waals surface area contributed by atoms with Crippen LogP contribution in [0.15, 0.2) is 42.1 Å². The van der Waals surface area contributed by atoms with Crippen molar-refractivity contribution in [3.8, 4) is 0 Å². The smallest absolute Gasteiger partial charge is 0.376 e. The maximum absolute atomic E-state index is 13.8. The third kappa shape index (κ3) is 3.37. The molecular weight excluding hydrogens is 350 g/mol. The fourth-order valence-electron chi connectivity index (χ4n) is 2.64. The van der Waals surface area contributed by atoms with Crippen LogP contribution in [0.4, 0.5) is 13.2 Å². The van der Waals surface area contributed by atoms with E-state index >= 15 is 0 Å². The number of rotatable bonds is 3. The van der Waals surface area contributed by atoms with Gasteiger partial charge in [-0.25, -0.2) is 0 Å². The van der Waals surface area contributed by atoms with Crippen molar-refractivity contribution in [2.24, 2.45) is 0 Å². The number of alkyl halides is 3. The Balaban J connectivity index is 2.57. The monoisotopic (exact) mass is 365 g/mol. The highest BCUT2D eigenvalue weighted by Crippen LogP contribution is 2.48. The van der Waals surface area contributed by atoms with E-state index in [1.165, 1.54) is 37.4 Å². The predicted molar refractivity (Wildman–Crippen MR) is 85.7 cm³/mol. The minimum Gasteiger partial charge on any atom is -0.376 e. The molecule has 126 valence electrons. The van der Waals surface area contributed by atoms with E-state index < -0.39 is 17.7 Å². The summed E-state index contributed by atoms with van der Waals surface area (Å²) in [6.07, 6.45) is -0.701. The standard InChI is InChI=1S/C16H16Cl2F3NO/c1-10(13-6-5-12(17)8-14(13)18)15(23,16(19,20)21)11-4-3-7-22(2)9-11/h3-6,8-10,23H,7H2,1-2H3. The van der Waals surface area contributed by atoms with Crippen molar-refractivity contribution in [1.82, 2.24) is 4.90 Å². The highest BCUT2D eigenvalue weighted by atomic mass is 35.5. The lowest BCUT2D eigenvalue weighted by Crippen LogP contribution is -2.51. The second-order valence-corrected chi connectivity index (χ2v) is 6.42. The van der Waals surface area contributed by atoms with E-state index in [2.05, 4.69) is 0 Å². The molecule has 1 heterocycles. The number of hydrogen-bond acceptors (Lipinski definition) is 2. The largest absolute Gasteiger partial charge is 0.422 e. The summed E-state index contributed by atoms with van der Waals surface area (Å²) in [5.41, 5.74) is -3.11. The lowest BCUT2D eigenvalue weighted by molar-refractivity contribution is -0.250. The molecule has 1 aromatic rings. The molecule has 0 bridgehead atoms. The zero-order valence-electron chi connectivity index (χ0n) is 12.5. The van der Waals surface area contributed by atoms with Crippen LogP contribution in [0.2, 0.25) is 10.0 Å². The number of halogens is 5. The Morgan fingerprint density at radius 2 is 1.91 bits per heavy atom. The second kappa shape index (κ2) is 6.38. The van der Waals surface area contributed by atoms with Crippen LogP contribution in [0.1, 0.15) is 18.4 Å². The molecule has 0 amide bonds. The van der Waals surface area contributed by atoms with Crippen LogP contribution >= 0.6 is 23.2 Å². The van der Waals surface area contributed by atoms with Crippen LogP contribution in [-0.2, 0) is 0 Å². The van der Waals surface area contributed by atoms with E-state index in [1.807, 2.05) is 0 Å². The van der Waals surface area contributed by atoms with Gasteiger partial charge in [-0.2, -0.15) is 13.2 Å². The first-order chi connectivity index (χ1) is 10.6. The van der Waals surface area contributed by atoms with Gasteiger partial charge in [-0.1, -0.05) is 48.3 Å². The van der Waals surface area contributed by atoms with Crippen LogP contribution in [0.3, 0.4) is 0 Å². The molecule has 1 N–H and O–H groups in total. The Morgan fingerprint density at radius 3 is 2.43 bits per heavy atom. The van der Waals surface area contributed by atoms with Crippen molar-refractivity contribution in [2.75, 3.05) is 13.6 Å². The molecule has 0 aromatic heterocycles. The van der Waals surface area contributed by atoms with Gasteiger partial charge in [0.25, 0.3) is 0 Å². The summed E-state index contributed by atoms with van der Waals surface area (Å²) < 4.78 is 41.3. The highest BCUT2D eigenvalue weighted by Gasteiger charge is 2.59. The summed E-state index contributed by atoms with van der Waals surface area (Å²) in [6, 6.07) is 4.22. The Bertz CT molecular complexity index is 657. The maximum Gasteiger partial charge on any atom is 0.422 e. The summed E-state index contributed by atoms with van der Waals surface area (Å²) in [4.78, 5) is 1.57. The first-order valence-electron chi connectivity index (χ1n) is 6.90. The minimum atomic E-state index is -4.87. The highest BCUT2D eigenvalue weighted by molar-refractivity contribution is 6.35. The first-order valence-corrected chi connectivity index (χ1v) is 7.66. The summed E-state index contributed by atoms with van der Waals surface area (Å²) in [6.45, 7) is 1.78. The first kappa shape index (κ1) is 18.2. The molecule has 1 aromatic carbocycles. The fraction of sp³-hybridized carbons (Fsp3) is 0.375. The Labute approximate surface area is 142 Å². The van der Waals surface area contributed by atoms with E-state index in [1.54, 1.807) is 18.0 Å². The third-order valence-electron chi connectivity index (χ3n) is 3.98. The van der Waals surface area contributed by atoms with Gasteiger partial charge in [0, 0.05) is 41.3 Å². The molecule has 1 aliphatic heterocycles. The lowest BCUT2D eigenvalue weighted by atomic mass is 9.77. The molecule has 2 unspecified atom stereocenters. The predicted octanol–water partition coefficient (Wildman–Crippen LogP) is 4.78. The van der Waals surface area contributed by atoms with Gasteiger partial charge in [0.2, 0.25) is 0 Å². The van der Waals surface area contributed by atoms with Gasteiger partial charge in [0.05, 0.1) is 0 Å². The summed E-state index contributed by atoms with van der Waals surface area (Å²) in [5.74, 6) is -1.31. The molecular formula is C16H16Cl2F3NO. The van der Waals surface area contributed by atoms with Crippen molar-refractivity contribution in [1.29, 1.82) is 0 Å². The van der Waals surface area contributed by atoms with E-state index in [-0.39, 0.29) is 16.2 Å². The van der Waals surface area contributed by atoms with Gasteiger partial charge >= 0.3 is 6.18 Å². The van der Waals surface area contributed by atoms with Crippen molar-refractivity contribution < 1.29 is 18.3 Å². The zero-order chi connectivity index (χ0) is 17.4. The van der Waals surface area contributed by atoms with Crippen molar-refractivity contribution >= 4 is 23.2 Å². The fourth-order valence-corrected chi connectivity index (χ4v) is 3.21. The van der Waals surface area contributed by atoms with Crippen LogP contribution in [-0.4, -0.2) is 35.4 Å². The van der Waals surface area contributed by atoms with E-state index in [9.17, 15) is 18.3 Å². The second-order valence-electron chi connectivity index (χ2n) is 5.58. The minimum absolute atomic E-state index is 0.0846. The van der Waals surface area contributed by atoms with Crippen LogP contribution in [0, 0.1) is 0 Å². The number of likely N-dealkylation sites (N-methyl/N-ethyl adjacent to an activating group) is 1. The van der Waals surface area contributed by atoms with Crippen LogP contribution in [0.5, 0.6) is 0 Å². The molecule has 0 fully saturated rings. The average Bonchev–Trinajstić information content (AvgIpc) is 2.44. The van der Waals surface area contributed by atoms with E-state index in [0.29, 0.717) is 11.6 Å². The van der Waals surface area contributed by atoms with Gasteiger partial charge in [0.1, 0.15) is 0 Å². The number of nitrogens with zero attached hydrogens (tertiary/aromatic N) is 1. The molecule has 0 radical (unpaired) electrons. The molecule has 2 rings (SSSR count). The van der Waals surface area contributed by atoms with Crippen molar-refractivity contribution in [3.05, 3.63) is 57.7 Å². The summed E-state index contributed by atoms with van der Waals surface area (Å²) in [5, 5.41) is 11.0. The Morgan fingerprint density at radius 1 is 1.26 bits per heavy atom. The molecule has 2 nitrogen and oxygen atoms in total. The molecule has 7 heteroatoms. The van der Waals surface area contributed by atoms with Gasteiger partial charge < -0.3 is 10.0 Å². The lowest BCUT2D eigenvalue weighted by Gasteiger charge is -2.39. The molecule has 0 spiro atoms. The van der Waals surface area contributed by atoms with Gasteiger partial charge in [0.15, 0.2) is 5.60 Å². The Kier molecular flexibility index (Phi) is 5.04. The van der Waals surface area contributed by atoms with Crippen molar-refractivity contribution in [3.63, 3.8) is 0 Å². The molecule has 0 saturated heterocycles. The van der Waals surface area contributed by atoms with Crippen molar-refractivity contribution in [2.45, 2.75) is 24.6 Å². The van der Waals surface area contributed by atoms with Crippen LogP contribution in [0.25, 0.3) is 0 Å². The van der Waals surface area contributed by atoms with E-state index in [0.717, 1.165) is 0 Å². The summed E-state index contributed by atoms with van der Waals surface area (Å²) >= 11 is 11.8. The molecule has 2 atom stereocenters. The third-order valence-corrected chi connectivity index (χ3v) is 4.54. The van der Waals surface area contributed by atoms with E-state index in [4.69, 9.17) is 23.2 Å². The Hall–Kier alpha value is -1.17. The quantitative estimate of drug-likeness (QED) is 0.833. The maximum atomic E-state index is 13.8. The molecule has 0 saturated carbocycles. The zero-order valence-corrected chi connectivity index (χ0v) is 14.0. The summed E-state index contributed by atoms with van der Waals surface area (Å²) in [7, 11) is 1.64. The molecule has 23 heavy (non-hydrogen) atoms. The SMILES string of the molecule is CC(c1ccc(Cl)cc1Cl)C(O)(C1=CN(C)CC=C1)C(F)(F)F. The molecule has 0 aliphatic carbocycles. The van der Waals surface area contributed by atoms with Gasteiger partial charge in [-0.15, -0.1) is 0 Å². The number of benzene rings is 1. The molecule has 1 aliphatic rings. The number of hydrogen-bond donors (Lipinski definition) is 1. The van der Waals surface area contributed by atoms with Gasteiger partial charge in [-0.3, -0.25) is 0 Å². The van der Waals surface area contributed by atoms with Crippen LogP contribution < -0.4 is 0 Å². The number of aliphatic hydroxyl groups is 1.